The summed E-state index contributed by atoms with van der Waals surface area (Å²) in [6, 6.07) is 11.5. The van der Waals surface area contributed by atoms with Gasteiger partial charge in [-0.15, -0.1) is 13.2 Å². The number of halogens is 4. The summed E-state index contributed by atoms with van der Waals surface area (Å²) < 4.78 is 48.1. The fourth-order valence-electron chi connectivity index (χ4n) is 4.51. The lowest BCUT2D eigenvalue weighted by Crippen LogP contribution is -2.42. The van der Waals surface area contributed by atoms with Crippen LogP contribution in [0.25, 0.3) is 22.4 Å². The molecule has 2 heterocycles. The van der Waals surface area contributed by atoms with E-state index >= 15 is 0 Å². The number of carbonyl (C=O) groups is 1. The van der Waals surface area contributed by atoms with Crippen LogP contribution in [0.5, 0.6) is 11.5 Å². The molecule has 1 atom stereocenters. The van der Waals surface area contributed by atoms with Gasteiger partial charge in [0.1, 0.15) is 17.3 Å². The Kier molecular flexibility index (Phi) is 6.16. The van der Waals surface area contributed by atoms with Crippen LogP contribution in [0.4, 0.5) is 18.0 Å². The largest absolute Gasteiger partial charge is 0.618 e. The molecule has 0 radical (unpaired) electrons. The predicted molar refractivity (Wildman–Crippen MR) is 128 cm³/mol. The van der Waals surface area contributed by atoms with Gasteiger partial charge in [-0.05, 0) is 66.9 Å². The van der Waals surface area contributed by atoms with Gasteiger partial charge in [-0.25, -0.2) is 9.78 Å². The number of aryl methyl sites for hydroxylation is 1. The van der Waals surface area contributed by atoms with E-state index in [9.17, 15) is 28.3 Å². The van der Waals surface area contributed by atoms with Crippen molar-refractivity contribution in [1.29, 1.82) is 0 Å². The number of primary amides is 1. The van der Waals surface area contributed by atoms with E-state index in [1.54, 1.807) is 12.1 Å². The molecule has 0 aliphatic heterocycles. The summed E-state index contributed by atoms with van der Waals surface area (Å²) in [5, 5.41) is 24.8. The van der Waals surface area contributed by atoms with Gasteiger partial charge in [-0.3, -0.25) is 0 Å². The average molecular weight is 547 g/mol. The lowest BCUT2D eigenvalue weighted by atomic mass is 9.98. The van der Waals surface area contributed by atoms with Crippen molar-refractivity contribution in [3.05, 3.63) is 88.2 Å². The second-order valence-corrected chi connectivity index (χ2v) is 9.00. The first-order chi connectivity index (χ1) is 17.9. The second-order valence-electron chi connectivity index (χ2n) is 8.57. The maximum absolute atomic E-state index is 13.1. The molecule has 1 amide bonds. The Balaban J connectivity index is 1.49. The zero-order valence-electron chi connectivity index (χ0n) is 19.3. The summed E-state index contributed by atoms with van der Waals surface area (Å²) in [5.41, 5.74) is 4.97. The molecule has 5 rings (SSSR count). The molecule has 196 valence electrons. The molecular formula is C25H18ClF3N4O5. The van der Waals surface area contributed by atoms with E-state index < -0.39 is 23.8 Å². The van der Waals surface area contributed by atoms with Gasteiger partial charge in [-0.2, -0.15) is 4.73 Å². The number of imidazole rings is 1. The first-order valence-corrected chi connectivity index (χ1v) is 11.5. The Morgan fingerprint density at radius 1 is 1.18 bits per heavy atom. The zero-order chi connectivity index (χ0) is 27.2. The van der Waals surface area contributed by atoms with Gasteiger partial charge < -0.3 is 30.5 Å². The van der Waals surface area contributed by atoms with Crippen LogP contribution in [0.1, 0.15) is 23.5 Å². The first kappa shape index (κ1) is 25.4. The number of fused-ring (bicyclic) bond motifs is 1. The van der Waals surface area contributed by atoms with Crippen molar-refractivity contribution in [2.24, 2.45) is 5.73 Å². The molecule has 4 N–H and O–H groups in total. The Hall–Kier alpha value is -4.29. The minimum absolute atomic E-state index is 0.00711. The minimum atomic E-state index is -4.95. The Labute approximate surface area is 217 Å². The van der Waals surface area contributed by atoms with Crippen LogP contribution in [-0.2, 0) is 12.0 Å². The first-order valence-electron chi connectivity index (χ1n) is 11.1. The van der Waals surface area contributed by atoms with E-state index in [1.807, 2.05) is 0 Å². The summed E-state index contributed by atoms with van der Waals surface area (Å²) in [4.78, 5) is 18.2. The molecule has 0 fully saturated rings. The standard InChI is InChI=1S/C25H18ClF3N4O5/c26-16-3-6-20(38-25(27,28)29)18(10-16)15-9-14-7-8-24(35,21(14)33(36)12-15)22-31-11-19(32-22)13-1-4-17(5-2-13)37-23(30)34/h1-6,9-12,35H,7-8H2,(H2,30,34)(H,31,32). The fourth-order valence-corrected chi connectivity index (χ4v) is 4.69. The SMILES string of the molecule is NC(=O)Oc1ccc(-c2cnc(C3(O)CCc4cc(-c5cc(Cl)ccc5OC(F)(F)F)c[n+]([O-])c43)[nH]2)cc1. The monoisotopic (exact) mass is 546 g/mol. The molecule has 4 aromatic rings. The van der Waals surface area contributed by atoms with E-state index in [0.717, 1.165) is 12.3 Å². The van der Waals surface area contributed by atoms with Crippen molar-refractivity contribution in [2.45, 2.75) is 24.8 Å². The molecule has 9 nitrogen and oxygen atoms in total. The summed E-state index contributed by atoms with van der Waals surface area (Å²) in [5.74, 6) is -0.154. The number of amides is 1. The number of nitrogens with zero attached hydrogens (tertiary/aromatic N) is 2. The van der Waals surface area contributed by atoms with Gasteiger partial charge in [0.25, 0.3) is 0 Å². The highest BCUT2D eigenvalue weighted by Gasteiger charge is 2.48. The highest BCUT2D eigenvalue weighted by Crippen LogP contribution is 2.42. The number of hydrogen-bond acceptors (Lipinski definition) is 6. The highest BCUT2D eigenvalue weighted by atomic mass is 35.5. The quantitative estimate of drug-likeness (QED) is 0.248. The molecule has 0 spiro atoms. The number of aromatic amines is 1. The lowest BCUT2D eigenvalue weighted by Gasteiger charge is -2.20. The number of ether oxygens (including phenoxy) is 2. The van der Waals surface area contributed by atoms with Gasteiger partial charge >= 0.3 is 12.5 Å². The van der Waals surface area contributed by atoms with Crippen molar-refractivity contribution < 1.29 is 37.3 Å². The fraction of sp³-hybridized carbons (Fsp3) is 0.160. The Morgan fingerprint density at radius 3 is 2.61 bits per heavy atom. The molecule has 0 saturated heterocycles. The normalized spacial score (nSPS) is 16.8. The number of pyridine rings is 1. The number of nitrogens with two attached hydrogens (primary N) is 1. The summed E-state index contributed by atoms with van der Waals surface area (Å²) in [7, 11) is 0. The number of benzene rings is 2. The molecular weight excluding hydrogens is 529 g/mol. The van der Waals surface area contributed by atoms with Crippen molar-refractivity contribution >= 4 is 17.7 Å². The topological polar surface area (TPSA) is 137 Å². The van der Waals surface area contributed by atoms with Crippen molar-refractivity contribution in [1.82, 2.24) is 9.97 Å². The molecule has 13 heteroatoms. The van der Waals surface area contributed by atoms with Crippen LogP contribution in [0, 0.1) is 5.21 Å². The number of carbonyl (C=O) groups excluding carboxylic acids is 1. The highest BCUT2D eigenvalue weighted by molar-refractivity contribution is 6.31. The number of alkyl halides is 3. The molecule has 1 unspecified atom stereocenters. The second kappa shape index (κ2) is 9.23. The Bertz CT molecular complexity index is 1540. The zero-order valence-corrected chi connectivity index (χ0v) is 20.0. The summed E-state index contributed by atoms with van der Waals surface area (Å²) in [6.45, 7) is 0. The number of aliphatic hydroxyl groups is 1. The molecule has 2 aromatic carbocycles. The van der Waals surface area contributed by atoms with Gasteiger partial charge in [0.2, 0.25) is 11.3 Å². The van der Waals surface area contributed by atoms with Crippen LogP contribution in [-0.4, -0.2) is 27.5 Å². The summed E-state index contributed by atoms with van der Waals surface area (Å²) >= 11 is 6.00. The van der Waals surface area contributed by atoms with E-state index in [-0.39, 0.29) is 46.3 Å². The van der Waals surface area contributed by atoms with Crippen LogP contribution < -0.4 is 19.9 Å². The summed E-state index contributed by atoms with van der Waals surface area (Å²) in [6.07, 6.45) is -2.99. The molecule has 0 bridgehead atoms. The van der Waals surface area contributed by atoms with E-state index in [2.05, 4.69) is 14.7 Å². The number of H-pyrrole nitrogens is 1. The third kappa shape index (κ3) is 4.83. The molecule has 1 aliphatic rings. The molecule has 0 saturated carbocycles. The predicted octanol–water partition coefficient (Wildman–Crippen LogP) is 4.57. The average Bonchev–Trinajstić information content (AvgIpc) is 3.46. The van der Waals surface area contributed by atoms with Gasteiger partial charge in [0.15, 0.2) is 6.20 Å². The van der Waals surface area contributed by atoms with E-state index in [4.69, 9.17) is 22.1 Å². The van der Waals surface area contributed by atoms with Crippen LogP contribution in [0.2, 0.25) is 5.02 Å². The van der Waals surface area contributed by atoms with Crippen LogP contribution in [0.15, 0.2) is 60.9 Å². The molecule has 38 heavy (non-hydrogen) atoms. The van der Waals surface area contributed by atoms with E-state index in [0.29, 0.717) is 21.6 Å². The number of hydrogen-bond donors (Lipinski definition) is 3. The lowest BCUT2D eigenvalue weighted by molar-refractivity contribution is -0.620. The van der Waals surface area contributed by atoms with Crippen LogP contribution >= 0.6 is 11.6 Å². The number of nitrogens with one attached hydrogen (secondary N) is 1. The van der Waals surface area contributed by atoms with Crippen molar-refractivity contribution in [3.63, 3.8) is 0 Å². The van der Waals surface area contributed by atoms with Crippen LogP contribution in [0.3, 0.4) is 0 Å². The number of aromatic nitrogens is 3. The van der Waals surface area contributed by atoms with Crippen molar-refractivity contribution in [2.75, 3.05) is 0 Å². The third-order valence-electron chi connectivity index (χ3n) is 6.09. The Morgan fingerprint density at radius 2 is 1.92 bits per heavy atom. The van der Waals surface area contributed by atoms with Gasteiger partial charge in [-0.1, -0.05) is 11.6 Å². The van der Waals surface area contributed by atoms with Crippen molar-refractivity contribution in [3.8, 4) is 33.9 Å². The molecule has 2 aromatic heterocycles. The minimum Gasteiger partial charge on any atom is -0.618 e. The maximum Gasteiger partial charge on any atom is 0.573 e. The van der Waals surface area contributed by atoms with E-state index in [1.165, 1.54) is 36.5 Å². The smallest absolute Gasteiger partial charge is 0.573 e. The number of rotatable bonds is 5. The molecule has 1 aliphatic carbocycles. The maximum atomic E-state index is 13.1. The van der Waals surface area contributed by atoms with Gasteiger partial charge in [0, 0.05) is 16.1 Å². The van der Waals surface area contributed by atoms with Gasteiger partial charge in [0.05, 0.1) is 17.5 Å². The third-order valence-corrected chi connectivity index (χ3v) is 6.32.